The average molecular weight is 224 g/mol. The zero-order valence-corrected chi connectivity index (χ0v) is 10.4. The Morgan fingerprint density at radius 2 is 1.71 bits per heavy atom. The Labute approximate surface area is 104 Å². The van der Waals surface area contributed by atoms with Crippen molar-refractivity contribution in [2.75, 3.05) is 14.1 Å². The molecule has 1 heteroatoms. The van der Waals surface area contributed by atoms with Crippen LogP contribution in [0.25, 0.3) is 0 Å². The molecule has 17 heavy (non-hydrogen) atoms. The third kappa shape index (κ3) is 2.62. The minimum Gasteiger partial charge on any atom is -0.391 e. The Morgan fingerprint density at radius 1 is 1.12 bits per heavy atom. The molecule has 0 aromatic rings. The van der Waals surface area contributed by atoms with Crippen LogP contribution in [0.15, 0.2) is 71.5 Å². The highest BCUT2D eigenvalue weighted by Crippen LogP contribution is 2.24. The zero-order valence-electron chi connectivity index (χ0n) is 10.4. The van der Waals surface area contributed by atoms with Crippen LogP contribution in [0.3, 0.4) is 0 Å². The lowest BCUT2D eigenvalue weighted by atomic mass is 10.0. The molecule has 1 nitrogen and oxygen atoms in total. The van der Waals surface area contributed by atoms with Crippen molar-refractivity contribution in [3.05, 3.63) is 78.5 Å². The Bertz CT molecular complexity index is 442. The van der Waals surface area contributed by atoms with E-state index in [0.717, 1.165) is 5.57 Å². The van der Waals surface area contributed by atoms with Crippen molar-refractivity contribution in [2.45, 2.75) is 0 Å². The van der Waals surface area contributed by atoms with E-state index in [1.807, 2.05) is 12.2 Å². The standard InChI is InChI=1S/C16H18N/c1-13(14-8-4-5-9-14)12-16(17(2)3)15-10-6-7-11-15/h4-12,15H,1H2,2-3H3/q-1. The summed E-state index contributed by atoms with van der Waals surface area (Å²) in [5, 5.41) is 0. The van der Waals surface area contributed by atoms with Gasteiger partial charge in [0.15, 0.2) is 0 Å². The summed E-state index contributed by atoms with van der Waals surface area (Å²) < 4.78 is 0. The molecule has 0 atom stereocenters. The summed E-state index contributed by atoms with van der Waals surface area (Å²) in [5.74, 6) is 0.372. The second-order valence-corrected chi connectivity index (χ2v) is 4.46. The molecule has 0 aliphatic heterocycles. The highest BCUT2D eigenvalue weighted by molar-refractivity contribution is 5.49. The molecule has 2 rings (SSSR count). The van der Waals surface area contributed by atoms with E-state index in [9.17, 15) is 0 Å². The van der Waals surface area contributed by atoms with Crippen LogP contribution in [0.1, 0.15) is 0 Å². The topological polar surface area (TPSA) is 3.24 Å². The van der Waals surface area contributed by atoms with E-state index in [4.69, 9.17) is 0 Å². The Balaban J connectivity index is 2.30. The van der Waals surface area contributed by atoms with E-state index in [1.165, 1.54) is 11.3 Å². The maximum Gasteiger partial charge on any atom is 0.0236 e. The molecule has 2 aliphatic rings. The van der Waals surface area contributed by atoms with Crippen molar-refractivity contribution in [3.63, 3.8) is 0 Å². The molecule has 0 fully saturated rings. The predicted octanol–water partition coefficient (Wildman–Crippen LogP) is 3.43. The highest BCUT2D eigenvalue weighted by Gasteiger charge is 2.09. The zero-order chi connectivity index (χ0) is 12.3. The van der Waals surface area contributed by atoms with Gasteiger partial charge in [-0.15, -0.1) is 23.8 Å². The first-order chi connectivity index (χ1) is 8.18. The highest BCUT2D eigenvalue weighted by atomic mass is 15.1. The van der Waals surface area contributed by atoms with Crippen molar-refractivity contribution in [1.29, 1.82) is 0 Å². The molecule has 0 radical (unpaired) electrons. The SMILES string of the molecule is [CH2-]C(C=C(C1C=CC=C1)N(C)C)=C1C=CC=C1. The lowest BCUT2D eigenvalue weighted by molar-refractivity contribution is 0.476. The second kappa shape index (κ2) is 4.96. The lowest BCUT2D eigenvalue weighted by Crippen LogP contribution is -2.16. The number of rotatable bonds is 3. The van der Waals surface area contributed by atoms with Gasteiger partial charge in [0.1, 0.15) is 0 Å². The fourth-order valence-electron chi connectivity index (χ4n) is 2.00. The molecule has 0 amide bonds. The van der Waals surface area contributed by atoms with Crippen LogP contribution in [-0.2, 0) is 0 Å². The molecular formula is C16H18N-. The molecule has 0 aromatic carbocycles. The van der Waals surface area contributed by atoms with E-state index >= 15 is 0 Å². The Kier molecular flexibility index (Phi) is 3.38. The van der Waals surface area contributed by atoms with Gasteiger partial charge in [0.2, 0.25) is 0 Å². The first-order valence-electron chi connectivity index (χ1n) is 5.83. The van der Waals surface area contributed by atoms with Gasteiger partial charge in [0, 0.05) is 20.0 Å². The summed E-state index contributed by atoms with van der Waals surface area (Å²) in [4.78, 5) is 2.15. The summed E-state index contributed by atoms with van der Waals surface area (Å²) in [6.45, 7) is 4.14. The monoisotopic (exact) mass is 224 g/mol. The summed E-state index contributed by atoms with van der Waals surface area (Å²) in [5.41, 5.74) is 3.52. The summed E-state index contributed by atoms with van der Waals surface area (Å²) >= 11 is 0. The maximum atomic E-state index is 4.14. The minimum absolute atomic E-state index is 0.372. The minimum atomic E-state index is 0.372. The van der Waals surface area contributed by atoms with Gasteiger partial charge in [-0.2, -0.15) is 12.5 Å². The van der Waals surface area contributed by atoms with Gasteiger partial charge in [-0.1, -0.05) is 36.5 Å². The lowest BCUT2D eigenvalue weighted by Gasteiger charge is -2.25. The Hall–Kier alpha value is -1.89. The Morgan fingerprint density at radius 3 is 2.24 bits per heavy atom. The summed E-state index contributed by atoms with van der Waals surface area (Å²) in [6, 6.07) is 0. The van der Waals surface area contributed by atoms with Gasteiger partial charge in [0.05, 0.1) is 0 Å². The molecule has 0 saturated carbocycles. The van der Waals surface area contributed by atoms with Crippen molar-refractivity contribution in [2.24, 2.45) is 5.92 Å². The van der Waals surface area contributed by atoms with Gasteiger partial charge < -0.3 is 4.90 Å². The van der Waals surface area contributed by atoms with E-state index in [1.54, 1.807) is 0 Å². The first-order valence-corrected chi connectivity index (χ1v) is 5.83. The largest absolute Gasteiger partial charge is 0.391 e. The summed E-state index contributed by atoms with van der Waals surface area (Å²) in [7, 11) is 4.15. The van der Waals surface area contributed by atoms with Crippen LogP contribution in [0.5, 0.6) is 0 Å². The van der Waals surface area contributed by atoms with Gasteiger partial charge in [0.25, 0.3) is 0 Å². The molecule has 0 bridgehead atoms. The summed E-state index contributed by atoms with van der Waals surface area (Å²) in [6.07, 6.45) is 19.0. The van der Waals surface area contributed by atoms with E-state index in [0.29, 0.717) is 5.92 Å². The number of nitrogens with zero attached hydrogens (tertiary/aromatic N) is 1. The van der Waals surface area contributed by atoms with E-state index in [-0.39, 0.29) is 0 Å². The number of hydrogen-bond acceptors (Lipinski definition) is 1. The van der Waals surface area contributed by atoms with Gasteiger partial charge >= 0.3 is 0 Å². The molecule has 0 unspecified atom stereocenters. The van der Waals surface area contributed by atoms with Crippen LogP contribution < -0.4 is 0 Å². The van der Waals surface area contributed by atoms with Crippen LogP contribution >= 0.6 is 0 Å². The van der Waals surface area contributed by atoms with Crippen LogP contribution in [0.4, 0.5) is 0 Å². The first kappa shape index (κ1) is 11.6. The van der Waals surface area contributed by atoms with Crippen molar-refractivity contribution >= 4 is 0 Å². The van der Waals surface area contributed by atoms with E-state index < -0.39 is 0 Å². The van der Waals surface area contributed by atoms with Crippen LogP contribution in [-0.4, -0.2) is 19.0 Å². The smallest absolute Gasteiger partial charge is 0.0236 e. The molecule has 88 valence electrons. The number of hydrogen-bond donors (Lipinski definition) is 0. The fraction of sp³-hybridized carbons (Fsp3) is 0.188. The van der Waals surface area contributed by atoms with Gasteiger partial charge in [-0.3, -0.25) is 0 Å². The van der Waals surface area contributed by atoms with Gasteiger partial charge in [-0.05, 0) is 5.70 Å². The third-order valence-electron chi connectivity index (χ3n) is 2.96. The average Bonchev–Trinajstić information content (AvgIpc) is 2.97. The number of allylic oxidation sites excluding steroid dienone is 10. The molecule has 0 aromatic heterocycles. The van der Waals surface area contributed by atoms with Crippen molar-refractivity contribution in [1.82, 2.24) is 4.90 Å². The van der Waals surface area contributed by atoms with Crippen LogP contribution in [0.2, 0.25) is 0 Å². The molecule has 0 saturated heterocycles. The van der Waals surface area contributed by atoms with Gasteiger partial charge in [-0.25, -0.2) is 0 Å². The van der Waals surface area contributed by atoms with Crippen LogP contribution in [0, 0.1) is 12.8 Å². The molecule has 0 spiro atoms. The quantitative estimate of drug-likeness (QED) is 0.664. The molecular weight excluding hydrogens is 206 g/mol. The fourth-order valence-corrected chi connectivity index (χ4v) is 2.00. The molecule has 0 N–H and O–H groups in total. The normalized spacial score (nSPS) is 18.5. The van der Waals surface area contributed by atoms with Crippen molar-refractivity contribution < 1.29 is 0 Å². The molecule has 0 heterocycles. The second-order valence-electron chi connectivity index (χ2n) is 4.46. The predicted molar refractivity (Wildman–Crippen MR) is 74.2 cm³/mol. The maximum absolute atomic E-state index is 4.14. The third-order valence-corrected chi connectivity index (χ3v) is 2.96. The molecule has 2 aliphatic carbocycles. The van der Waals surface area contributed by atoms with E-state index in [2.05, 4.69) is 68.5 Å². The van der Waals surface area contributed by atoms with Crippen molar-refractivity contribution in [3.8, 4) is 0 Å².